The lowest BCUT2D eigenvalue weighted by molar-refractivity contribution is -0.153. The monoisotopic (exact) mass is 381 g/mol. The molecular formula is C18H27N3O4S. The molecule has 0 aliphatic carbocycles. The van der Waals surface area contributed by atoms with E-state index >= 15 is 0 Å². The van der Waals surface area contributed by atoms with E-state index in [1.54, 1.807) is 14.2 Å². The van der Waals surface area contributed by atoms with Crippen LogP contribution in [0.5, 0.6) is 5.75 Å². The van der Waals surface area contributed by atoms with Crippen molar-refractivity contribution in [1.29, 1.82) is 0 Å². The summed E-state index contributed by atoms with van der Waals surface area (Å²) in [7, 11) is 4.53. The quantitative estimate of drug-likeness (QED) is 0.527. The number of hydrogen-bond acceptors (Lipinski definition) is 5. The predicted octanol–water partition coefficient (Wildman–Crippen LogP) is 2.03. The van der Waals surface area contributed by atoms with Crippen molar-refractivity contribution in [1.82, 2.24) is 10.2 Å². The third-order valence-corrected chi connectivity index (χ3v) is 4.10. The minimum absolute atomic E-state index is 0.0397. The van der Waals surface area contributed by atoms with Crippen LogP contribution >= 0.6 is 12.2 Å². The van der Waals surface area contributed by atoms with E-state index in [1.165, 1.54) is 12.0 Å². The molecule has 8 heteroatoms. The van der Waals surface area contributed by atoms with Gasteiger partial charge in [0.2, 0.25) is 5.91 Å². The molecule has 1 rings (SSSR count). The molecule has 0 radical (unpaired) electrons. The molecule has 0 saturated carbocycles. The molecule has 144 valence electrons. The Balaban J connectivity index is 2.46. The van der Waals surface area contributed by atoms with Gasteiger partial charge in [0.25, 0.3) is 0 Å². The van der Waals surface area contributed by atoms with Gasteiger partial charge in [0.05, 0.1) is 14.2 Å². The number of nitrogens with one attached hydrogen (secondary N) is 2. The Morgan fingerprint density at radius 2 is 1.81 bits per heavy atom. The zero-order chi connectivity index (χ0) is 19.7. The van der Waals surface area contributed by atoms with Gasteiger partial charge in [0, 0.05) is 25.7 Å². The standard InChI is InChI=1S/C18H27N3O4S/c1-12(2)16(17(23)25-5)21(3)15(22)10-11-19-18(26)20-13-6-8-14(24-4)9-7-13/h6-9,12,16H,10-11H2,1-5H3,(H2,19,20,26). The first-order chi connectivity index (χ1) is 12.3. The number of amides is 1. The van der Waals surface area contributed by atoms with Crippen LogP contribution in [0.2, 0.25) is 0 Å². The Hall–Kier alpha value is -2.35. The molecule has 0 spiro atoms. The molecule has 0 heterocycles. The summed E-state index contributed by atoms with van der Waals surface area (Å²) >= 11 is 5.22. The summed E-state index contributed by atoms with van der Waals surface area (Å²) in [5.74, 6) is 0.143. The number of esters is 1. The normalized spacial score (nSPS) is 11.5. The Labute approximate surface area is 160 Å². The second kappa shape index (κ2) is 10.6. The minimum Gasteiger partial charge on any atom is -0.497 e. The highest BCUT2D eigenvalue weighted by molar-refractivity contribution is 7.80. The molecular weight excluding hydrogens is 354 g/mol. The fourth-order valence-corrected chi connectivity index (χ4v) is 2.68. The van der Waals surface area contributed by atoms with E-state index in [0.29, 0.717) is 11.7 Å². The van der Waals surface area contributed by atoms with Crippen molar-refractivity contribution >= 4 is 34.9 Å². The molecule has 0 fully saturated rings. The molecule has 1 aromatic rings. The third-order valence-electron chi connectivity index (χ3n) is 3.86. The maximum atomic E-state index is 12.3. The first-order valence-corrected chi connectivity index (χ1v) is 8.73. The van der Waals surface area contributed by atoms with Gasteiger partial charge in [-0.15, -0.1) is 0 Å². The van der Waals surface area contributed by atoms with Crippen LogP contribution in [0.4, 0.5) is 5.69 Å². The second-order valence-electron chi connectivity index (χ2n) is 6.08. The van der Waals surface area contributed by atoms with Crippen LogP contribution in [0.15, 0.2) is 24.3 Å². The van der Waals surface area contributed by atoms with Crippen molar-refractivity contribution in [2.75, 3.05) is 33.1 Å². The van der Waals surface area contributed by atoms with E-state index in [4.69, 9.17) is 21.7 Å². The number of carbonyl (C=O) groups excluding carboxylic acids is 2. The number of carbonyl (C=O) groups is 2. The molecule has 0 aromatic heterocycles. The highest BCUT2D eigenvalue weighted by Crippen LogP contribution is 2.15. The molecule has 0 bridgehead atoms. The van der Waals surface area contributed by atoms with Gasteiger partial charge in [-0.05, 0) is 42.4 Å². The number of likely N-dealkylation sites (N-methyl/N-ethyl adjacent to an activating group) is 1. The van der Waals surface area contributed by atoms with Gasteiger partial charge in [-0.2, -0.15) is 0 Å². The van der Waals surface area contributed by atoms with E-state index in [-0.39, 0.29) is 18.2 Å². The number of benzene rings is 1. The van der Waals surface area contributed by atoms with Crippen LogP contribution in [0.3, 0.4) is 0 Å². The minimum atomic E-state index is -0.600. The SMILES string of the molecule is COC(=O)C(C(C)C)N(C)C(=O)CCNC(=S)Nc1ccc(OC)cc1. The Bertz CT molecular complexity index is 619. The van der Waals surface area contributed by atoms with Crippen molar-refractivity contribution in [3.63, 3.8) is 0 Å². The highest BCUT2D eigenvalue weighted by atomic mass is 32.1. The molecule has 0 aliphatic heterocycles. The smallest absolute Gasteiger partial charge is 0.328 e. The molecule has 1 aromatic carbocycles. The van der Waals surface area contributed by atoms with Crippen LogP contribution < -0.4 is 15.4 Å². The van der Waals surface area contributed by atoms with E-state index in [0.717, 1.165) is 11.4 Å². The summed E-state index contributed by atoms with van der Waals surface area (Å²) in [6.07, 6.45) is 0.209. The Morgan fingerprint density at radius 3 is 2.31 bits per heavy atom. The van der Waals surface area contributed by atoms with Gasteiger partial charge in [-0.25, -0.2) is 4.79 Å². The molecule has 1 amide bonds. The zero-order valence-corrected chi connectivity index (χ0v) is 16.7. The summed E-state index contributed by atoms with van der Waals surface area (Å²) in [4.78, 5) is 25.6. The van der Waals surface area contributed by atoms with Gasteiger partial charge in [0.15, 0.2) is 5.11 Å². The second-order valence-corrected chi connectivity index (χ2v) is 6.48. The Kier molecular flexibility index (Phi) is 8.84. The van der Waals surface area contributed by atoms with Crippen LogP contribution in [0.1, 0.15) is 20.3 Å². The topological polar surface area (TPSA) is 79.9 Å². The first-order valence-electron chi connectivity index (χ1n) is 8.32. The first kappa shape index (κ1) is 21.7. The van der Waals surface area contributed by atoms with Crippen LogP contribution in [-0.2, 0) is 14.3 Å². The fraction of sp³-hybridized carbons (Fsp3) is 0.500. The molecule has 1 atom stereocenters. The van der Waals surface area contributed by atoms with Gasteiger partial charge >= 0.3 is 5.97 Å². The van der Waals surface area contributed by atoms with Gasteiger partial charge in [-0.1, -0.05) is 13.8 Å². The number of ether oxygens (including phenoxy) is 2. The van der Waals surface area contributed by atoms with Crippen LogP contribution in [0.25, 0.3) is 0 Å². The number of thiocarbonyl (C=S) groups is 1. The van der Waals surface area contributed by atoms with Crippen LogP contribution in [0, 0.1) is 5.92 Å². The lowest BCUT2D eigenvalue weighted by atomic mass is 10.0. The largest absolute Gasteiger partial charge is 0.497 e. The van der Waals surface area contributed by atoms with Crippen LogP contribution in [-0.4, -0.2) is 55.7 Å². The van der Waals surface area contributed by atoms with E-state index in [2.05, 4.69) is 10.6 Å². The van der Waals surface area contributed by atoms with Crippen molar-refractivity contribution < 1.29 is 19.1 Å². The lowest BCUT2D eigenvalue weighted by Crippen LogP contribution is -2.47. The fourth-order valence-electron chi connectivity index (χ4n) is 2.46. The Morgan fingerprint density at radius 1 is 1.19 bits per heavy atom. The van der Waals surface area contributed by atoms with Crippen molar-refractivity contribution in [2.24, 2.45) is 5.92 Å². The predicted molar refractivity (Wildman–Crippen MR) is 105 cm³/mol. The van der Waals surface area contributed by atoms with Crippen molar-refractivity contribution in [3.05, 3.63) is 24.3 Å². The summed E-state index contributed by atoms with van der Waals surface area (Å²) in [5.41, 5.74) is 0.817. The summed E-state index contributed by atoms with van der Waals surface area (Å²) in [5, 5.41) is 6.43. The molecule has 0 saturated heterocycles. The molecule has 26 heavy (non-hydrogen) atoms. The highest BCUT2D eigenvalue weighted by Gasteiger charge is 2.30. The summed E-state index contributed by atoms with van der Waals surface area (Å²) < 4.78 is 9.88. The van der Waals surface area contributed by atoms with Gasteiger partial charge in [-0.3, -0.25) is 4.79 Å². The zero-order valence-electron chi connectivity index (χ0n) is 15.9. The van der Waals surface area contributed by atoms with Crippen molar-refractivity contribution in [3.8, 4) is 5.75 Å². The number of nitrogens with zero attached hydrogens (tertiary/aromatic N) is 1. The molecule has 7 nitrogen and oxygen atoms in total. The van der Waals surface area contributed by atoms with Gasteiger partial charge < -0.3 is 25.0 Å². The maximum Gasteiger partial charge on any atom is 0.328 e. The van der Waals surface area contributed by atoms with Crippen molar-refractivity contribution in [2.45, 2.75) is 26.3 Å². The third kappa shape index (κ3) is 6.51. The summed E-state index contributed by atoms with van der Waals surface area (Å²) in [6, 6.07) is 6.73. The number of rotatable bonds is 8. The van der Waals surface area contributed by atoms with Gasteiger partial charge in [0.1, 0.15) is 11.8 Å². The number of hydrogen-bond donors (Lipinski definition) is 2. The number of methoxy groups -OCH3 is 2. The number of anilines is 1. The average Bonchev–Trinajstić information content (AvgIpc) is 2.61. The lowest BCUT2D eigenvalue weighted by Gasteiger charge is -2.29. The van der Waals surface area contributed by atoms with E-state index < -0.39 is 12.0 Å². The molecule has 1 unspecified atom stereocenters. The molecule has 0 aliphatic rings. The summed E-state index contributed by atoms with van der Waals surface area (Å²) in [6.45, 7) is 4.10. The van der Waals surface area contributed by atoms with E-state index in [1.807, 2.05) is 38.1 Å². The average molecular weight is 381 g/mol. The van der Waals surface area contributed by atoms with E-state index in [9.17, 15) is 9.59 Å². The molecule has 2 N–H and O–H groups in total. The maximum absolute atomic E-state index is 12.3.